The molecule has 9 nitrogen and oxygen atoms in total. The van der Waals surface area contributed by atoms with Gasteiger partial charge in [0.05, 0.1) is 11.1 Å². The second-order valence-electron chi connectivity index (χ2n) is 9.27. The molecule has 0 aliphatic heterocycles. The molecule has 2 N–H and O–H groups in total. The molecule has 202 valence electrons. The van der Waals surface area contributed by atoms with Crippen molar-refractivity contribution in [1.29, 1.82) is 0 Å². The molecule has 0 radical (unpaired) electrons. The number of carbonyl (C=O) groups excluding carboxylic acids is 1. The van der Waals surface area contributed by atoms with Gasteiger partial charge in [-0.1, -0.05) is 49.2 Å². The highest BCUT2D eigenvalue weighted by atomic mass is 32.2. The number of hydrazone groups is 1. The minimum atomic E-state index is -3.97. The molecule has 0 unspecified atom stereocenters. The van der Waals surface area contributed by atoms with Crippen LogP contribution in [0, 0.1) is 19.8 Å². The van der Waals surface area contributed by atoms with Crippen molar-refractivity contribution >= 4 is 32.3 Å². The highest BCUT2D eigenvalue weighted by Crippen LogP contribution is 2.19. The van der Waals surface area contributed by atoms with Gasteiger partial charge in [-0.15, -0.1) is 0 Å². The summed E-state index contributed by atoms with van der Waals surface area (Å²) >= 11 is 0. The average molecular weight is 558 g/mol. The molecular weight excluding hydrogens is 526 g/mol. The molecule has 1 atom stereocenters. The van der Waals surface area contributed by atoms with E-state index in [1.54, 1.807) is 36.4 Å². The standard InChI is InChI=1S/C27H31N3O6S2/c1-19(2)17-26(30-37(32,33)24-13-5-20(3)6-14-24)27(31)29-28-18-22-9-11-23(12-10-22)36-38(34,35)25-15-7-21(4)8-16-25/h5-16,18-19,26,30H,17H2,1-4H3,(H,29,31)/b28-18-/t26-/m0/s1. The van der Waals surface area contributed by atoms with E-state index in [0.717, 1.165) is 11.1 Å². The van der Waals surface area contributed by atoms with Gasteiger partial charge in [-0.2, -0.15) is 18.2 Å². The van der Waals surface area contributed by atoms with E-state index in [1.807, 2.05) is 27.7 Å². The molecule has 3 rings (SSSR count). The molecule has 3 aromatic carbocycles. The summed E-state index contributed by atoms with van der Waals surface area (Å²) in [7, 11) is -7.89. The predicted molar refractivity (Wildman–Crippen MR) is 146 cm³/mol. The molecule has 0 aliphatic rings. The van der Waals surface area contributed by atoms with Crippen LogP contribution < -0.4 is 14.3 Å². The van der Waals surface area contributed by atoms with Crippen LogP contribution in [0.15, 0.2) is 87.7 Å². The largest absolute Gasteiger partial charge is 0.379 e. The maximum absolute atomic E-state index is 12.8. The fourth-order valence-corrected chi connectivity index (χ4v) is 5.53. The lowest BCUT2D eigenvalue weighted by Gasteiger charge is -2.19. The zero-order chi connectivity index (χ0) is 27.9. The zero-order valence-electron chi connectivity index (χ0n) is 21.6. The topological polar surface area (TPSA) is 131 Å². The SMILES string of the molecule is Cc1ccc(S(=O)(=O)N[C@@H](CC(C)C)C(=O)N/N=C\c2ccc(OS(=O)(=O)c3ccc(C)cc3)cc2)cc1. The van der Waals surface area contributed by atoms with Crippen LogP contribution >= 0.6 is 0 Å². The molecule has 1 amide bonds. The van der Waals surface area contributed by atoms with E-state index in [1.165, 1.54) is 42.6 Å². The van der Waals surface area contributed by atoms with Crippen LogP contribution in [-0.4, -0.2) is 35.0 Å². The maximum Gasteiger partial charge on any atom is 0.339 e. The van der Waals surface area contributed by atoms with Crippen molar-refractivity contribution in [1.82, 2.24) is 10.1 Å². The van der Waals surface area contributed by atoms with Gasteiger partial charge in [0.25, 0.3) is 5.91 Å². The number of nitrogens with one attached hydrogen (secondary N) is 2. The average Bonchev–Trinajstić information content (AvgIpc) is 2.84. The van der Waals surface area contributed by atoms with Crippen LogP contribution in [0.25, 0.3) is 0 Å². The van der Waals surface area contributed by atoms with Crippen LogP contribution in [0.5, 0.6) is 5.75 Å². The first-order chi connectivity index (χ1) is 17.9. The Morgan fingerprint density at radius 3 is 1.89 bits per heavy atom. The lowest BCUT2D eigenvalue weighted by Crippen LogP contribution is -2.46. The van der Waals surface area contributed by atoms with E-state index in [2.05, 4.69) is 15.2 Å². The highest BCUT2D eigenvalue weighted by molar-refractivity contribution is 7.89. The summed E-state index contributed by atoms with van der Waals surface area (Å²) in [6.45, 7) is 7.47. The van der Waals surface area contributed by atoms with Crippen molar-refractivity contribution in [3.05, 3.63) is 89.5 Å². The molecule has 38 heavy (non-hydrogen) atoms. The first-order valence-electron chi connectivity index (χ1n) is 11.9. The Morgan fingerprint density at radius 2 is 1.37 bits per heavy atom. The third-order valence-corrected chi connectivity index (χ3v) is 8.19. The van der Waals surface area contributed by atoms with Crippen molar-refractivity contribution in [2.45, 2.75) is 49.9 Å². The van der Waals surface area contributed by atoms with Gasteiger partial charge in [-0.05, 0) is 80.3 Å². The number of nitrogens with zero attached hydrogens (tertiary/aromatic N) is 1. The van der Waals surface area contributed by atoms with Crippen molar-refractivity contribution in [2.75, 3.05) is 0 Å². The molecule has 3 aromatic rings. The Kier molecular flexibility index (Phi) is 9.42. The fraction of sp³-hybridized carbons (Fsp3) is 0.259. The lowest BCUT2D eigenvalue weighted by molar-refractivity contribution is -0.123. The van der Waals surface area contributed by atoms with Crippen molar-refractivity contribution in [3.8, 4) is 5.75 Å². The molecule has 0 saturated heterocycles. The molecule has 0 heterocycles. The van der Waals surface area contributed by atoms with E-state index in [9.17, 15) is 21.6 Å². The van der Waals surface area contributed by atoms with Crippen LogP contribution in [0.2, 0.25) is 0 Å². The van der Waals surface area contributed by atoms with Crippen LogP contribution in [0.4, 0.5) is 0 Å². The molecule has 0 bridgehead atoms. The highest BCUT2D eigenvalue weighted by Gasteiger charge is 2.26. The van der Waals surface area contributed by atoms with Crippen LogP contribution in [-0.2, 0) is 24.9 Å². The Hall–Kier alpha value is -3.54. The minimum absolute atomic E-state index is 0.0409. The molecule has 0 saturated carbocycles. The Balaban J connectivity index is 1.63. The van der Waals surface area contributed by atoms with Gasteiger partial charge in [0.2, 0.25) is 10.0 Å². The predicted octanol–water partition coefficient (Wildman–Crippen LogP) is 3.91. The summed E-state index contributed by atoms with van der Waals surface area (Å²) in [6.07, 6.45) is 1.63. The van der Waals surface area contributed by atoms with Gasteiger partial charge >= 0.3 is 10.1 Å². The van der Waals surface area contributed by atoms with Gasteiger partial charge in [-0.3, -0.25) is 4.79 Å². The second kappa shape index (κ2) is 12.3. The number of hydrogen-bond acceptors (Lipinski definition) is 7. The van der Waals surface area contributed by atoms with Gasteiger partial charge in [0, 0.05) is 0 Å². The number of carbonyl (C=O) groups is 1. The van der Waals surface area contributed by atoms with E-state index < -0.39 is 32.1 Å². The fourth-order valence-electron chi connectivity index (χ4n) is 3.39. The molecule has 0 aromatic heterocycles. The van der Waals surface area contributed by atoms with E-state index in [0.29, 0.717) is 5.56 Å². The third kappa shape index (κ3) is 8.23. The van der Waals surface area contributed by atoms with Gasteiger partial charge in [0.15, 0.2) is 0 Å². The van der Waals surface area contributed by atoms with Crippen molar-refractivity contribution in [2.24, 2.45) is 11.0 Å². The Labute approximate surface area is 224 Å². The summed E-state index contributed by atoms with van der Waals surface area (Å²) in [5.74, 6) is -0.441. The van der Waals surface area contributed by atoms with Gasteiger partial charge in [0.1, 0.15) is 16.7 Å². The summed E-state index contributed by atoms with van der Waals surface area (Å²) in [5.41, 5.74) is 4.78. The summed E-state index contributed by atoms with van der Waals surface area (Å²) in [6, 6.07) is 17.7. The van der Waals surface area contributed by atoms with Crippen LogP contribution in [0.3, 0.4) is 0 Å². The first kappa shape index (κ1) is 29.0. The zero-order valence-corrected chi connectivity index (χ0v) is 23.2. The third-order valence-electron chi connectivity index (χ3n) is 5.44. The quantitative estimate of drug-likeness (QED) is 0.209. The number of sulfonamides is 1. The van der Waals surface area contributed by atoms with Gasteiger partial charge in [-0.25, -0.2) is 13.8 Å². The normalized spacial score (nSPS) is 13.0. The summed E-state index contributed by atoms with van der Waals surface area (Å²) < 4.78 is 58.1. The van der Waals surface area contributed by atoms with Crippen molar-refractivity contribution < 1.29 is 25.8 Å². The molecule has 11 heteroatoms. The Bertz CT molecular complexity index is 1480. The molecule has 0 fully saturated rings. The minimum Gasteiger partial charge on any atom is -0.379 e. The monoisotopic (exact) mass is 557 g/mol. The summed E-state index contributed by atoms with van der Waals surface area (Å²) in [4.78, 5) is 12.9. The van der Waals surface area contributed by atoms with E-state index in [-0.39, 0.29) is 27.9 Å². The lowest BCUT2D eigenvalue weighted by atomic mass is 10.0. The maximum atomic E-state index is 12.8. The van der Waals surface area contributed by atoms with E-state index in [4.69, 9.17) is 4.18 Å². The van der Waals surface area contributed by atoms with Gasteiger partial charge < -0.3 is 4.18 Å². The molecule has 0 spiro atoms. The summed E-state index contributed by atoms with van der Waals surface area (Å²) in [5, 5.41) is 3.93. The second-order valence-corrected chi connectivity index (χ2v) is 12.5. The molecular formula is C27H31N3O6S2. The first-order valence-corrected chi connectivity index (χ1v) is 14.8. The smallest absolute Gasteiger partial charge is 0.339 e. The number of amides is 1. The number of aryl methyl sites for hydroxylation is 2. The van der Waals surface area contributed by atoms with E-state index >= 15 is 0 Å². The number of hydrogen-bond donors (Lipinski definition) is 2. The molecule has 0 aliphatic carbocycles. The van der Waals surface area contributed by atoms with Crippen LogP contribution in [0.1, 0.15) is 37.0 Å². The Morgan fingerprint density at radius 1 is 0.842 bits per heavy atom. The number of rotatable bonds is 11. The van der Waals surface area contributed by atoms with Crippen molar-refractivity contribution in [3.63, 3.8) is 0 Å². The number of benzene rings is 3.